The molecule has 0 aliphatic heterocycles. The quantitative estimate of drug-likeness (QED) is 0.655. The van der Waals surface area contributed by atoms with Crippen molar-refractivity contribution in [1.29, 1.82) is 0 Å². The number of carbonyl (C=O) groups excluding carboxylic acids is 2. The molecule has 0 aliphatic rings. The first kappa shape index (κ1) is 13.9. The van der Waals surface area contributed by atoms with E-state index in [1.807, 2.05) is 20.8 Å². The lowest BCUT2D eigenvalue weighted by molar-refractivity contribution is -0.140. The summed E-state index contributed by atoms with van der Waals surface area (Å²) in [5.74, 6) is -1.25. The van der Waals surface area contributed by atoms with Crippen LogP contribution in [0.1, 0.15) is 27.7 Å². The topological polar surface area (TPSA) is 67.4 Å². The van der Waals surface area contributed by atoms with E-state index in [-0.39, 0.29) is 6.04 Å². The minimum Gasteiger partial charge on any atom is -0.383 e. The molecule has 88 valence electrons. The number of hydrogen-bond donors (Lipinski definition) is 2. The van der Waals surface area contributed by atoms with Crippen LogP contribution in [0.15, 0.2) is 0 Å². The van der Waals surface area contributed by atoms with Gasteiger partial charge >= 0.3 is 11.8 Å². The molecule has 0 radical (unpaired) electrons. The van der Waals surface area contributed by atoms with E-state index in [1.54, 1.807) is 6.92 Å². The van der Waals surface area contributed by atoms with Crippen LogP contribution >= 0.6 is 0 Å². The maximum atomic E-state index is 11.3. The van der Waals surface area contributed by atoms with E-state index in [2.05, 4.69) is 10.6 Å². The van der Waals surface area contributed by atoms with E-state index in [4.69, 9.17) is 4.74 Å². The van der Waals surface area contributed by atoms with Crippen molar-refractivity contribution in [3.8, 4) is 0 Å². The highest BCUT2D eigenvalue weighted by molar-refractivity contribution is 6.35. The SMILES string of the molecule is COCC(C)NC(=O)C(=O)NC(C)(C)C. The predicted octanol–water partition coefficient (Wildman–Crippen LogP) is 0.0522. The van der Waals surface area contributed by atoms with E-state index in [9.17, 15) is 9.59 Å². The smallest absolute Gasteiger partial charge is 0.309 e. The predicted molar refractivity (Wildman–Crippen MR) is 57.4 cm³/mol. The van der Waals surface area contributed by atoms with Gasteiger partial charge in [-0.05, 0) is 27.7 Å². The van der Waals surface area contributed by atoms with E-state index in [0.717, 1.165) is 0 Å². The first-order chi connectivity index (χ1) is 6.76. The molecule has 0 rings (SSSR count). The molecule has 0 spiro atoms. The lowest BCUT2D eigenvalue weighted by Crippen LogP contribution is -2.50. The second kappa shape index (κ2) is 5.70. The molecule has 15 heavy (non-hydrogen) atoms. The Labute approximate surface area is 90.6 Å². The van der Waals surface area contributed by atoms with Crippen LogP contribution < -0.4 is 10.6 Å². The van der Waals surface area contributed by atoms with Crippen LogP contribution in [0, 0.1) is 0 Å². The summed E-state index contributed by atoms with van der Waals surface area (Å²) in [6.07, 6.45) is 0. The Balaban J connectivity index is 4.06. The Morgan fingerprint density at radius 1 is 1.27 bits per heavy atom. The van der Waals surface area contributed by atoms with Gasteiger partial charge in [-0.3, -0.25) is 9.59 Å². The number of nitrogens with one attached hydrogen (secondary N) is 2. The Bertz CT molecular complexity index is 233. The van der Waals surface area contributed by atoms with Crippen LogP contribution in [-0.4, -0.2) is 37.1 Å². The summed E-state index contributed by atoms with van der Waals surface area (Å²) in [5.41, 5.74) is -0.404. The summed E-state index contributed by atoms with van der Waals surface area (Å²) in [4.78, 5) is 22.7. The van der Waals surface area contributed by atoms with Gasteiger partial charge in [-0.1, -0.05) is 0 Å². The average molecular weight is 216 g/mol. The molecule has 2 N–H and O–H groups in total. The Morgan fingerprint density at radius 2 is 1.80 bits per heavy atom. The van der Waals surface area contributed by atoms with Crippen LogP contribution in [0.3, 0.4) is 0 Å². The molecule has 0 aromatic heterocycles. The third kappa shape index (κ3) is 6.90. The van der Waals surface area contributed by atoms with Gasteiger partial charge in [-0.25, -0.2) is 0 Å². The molecular formula is C10H20N2O3. The molecule has 0 fully saturated rings. The first-order valence-electron chi connectivity index (χ1n) is 4.88. The second-order valence-corrected chi connectivity index (χ2v) is 4.53. The summed E-state index contributed by atoms with van der Waals surface area (Å²) >= 11 is 0. The van der Waals surface area contributed by atoms with Crippen molar-refractivity contribution in [1.82, 2.24) is 10.6 Å². The Hall–Kier alpha value is -1.10. The minimum absolute atomic E-state index is 0.173. The number of hydrogen-bond acceptors (Lipinski definition) is 3. The fourth-order valence-electron chi connectivity index (χ4n) is 0.978. The average Bonchev–Trinajstić information content (AvgIpc) is 2.00. The minimum atomic E-state index is -0.630. The van der Waals surface area contributed by atoms with Crippen LogP contribution in [0.2, 0.25) is 0 Å². The van der Waals surface area contributed by atoms with Gasteiger partial charge < -0.3 is 15.4 Å². The van der Waals surface area contributed by atoms with Gasteiger partial charge in [0.15, 0.2) is 0 Å². The molecule has 0 bridgehead atoms. The van der Waals surface area contributed by atoms with Gasteiger partial charge in [0.25, 0.3) is 0 Å². The van der Waals surface area contributed by atoms with Crippen molar-refractivity contribution < 1.29 is 14.3 Å². The Kier molecular flexibility index (Phi) is 5.28. The molecule has 5 nitrogen and oxygen atoms in total. The van der Waals surface area contributed by atoms with Crippen molar-refractivity contribution in [2.75, 3.05) is 13.7 Å². The number of amides is 2. The number of carbonyl (C=O) groups is 2. The highest BCUT2D eigenvalue weighted by atomic mass is 16.5. The molecule has 0 heterocycles. The Morgan fingerprint density at radius 3 is 2.20 bits per heavy atom. The van der Waals surface area contributed by atoms with E-state index in [0.29, 0.717) is 6.61 Å². The van der Waals surface area contributed by atoms with Crippen LogP contribution in [0.25, 0.3) is 0 Å². The normalized spacial score (nSPS) is 13.1. The fourth-order valence-corrected chi connectivity index (χ4v) is 0.978. The van der Waals surface area contributed by atoms with Gasteiger partial charge in [-0.2, -0.15) is 0 Å². The number of ether oxygens (including phenoxy) is 1. The molecule has 0 saturated carbocycles. The lowest BCUT2D eigenvalue weighted by atomic mass is 10.1. The summed E-state index contributed by atoms with van der Waals surface area (Å²) in [6.45, 7) is 7.60. The molecule has 5 heteroatoms. The van der Waals surface area contributed by atoms with Gasteiger partial charge in [0, 0.05) is 18.7 Å². The monoisotopic (exact) mass is 216 g/mol. The number of methoxy groups -OCH3 is 1. The molecule has 0 saturated heterocycles. The zero-order valence-electron chi connectivity index (χ0n) is 10.0. The largest absolute Gasteiger partial charge is 0.383 e. The highest BCUT2D eigenvalue weighted by Gasteiger charge is 2.21. The van der Waals surface area contributed by atoms with E-state index in [1.165, 1.54) is 7.11 Å². The maximum Gasteiger partial charge on any atom is 0.309 e. The van der Waals surface area contributed by atoms with Gasteiger partial charge in [0.2, 0.25) is 0 Å². The highest BCUT2D eigenvalue weighted by Crippen LogP contribution is 1.97. The van der Waals surface area contributed by atoms with Gasteiger partial charge in [0.05, 0.1) is 6.61 Å². The molecule has 2 amide bonds. The van der Waals surface area contributed by atoms with Crippen LogP contribution in [0.4, 0.5) is 0 Å². The first-order valence-corrected chi connectivity index (χ1v) is 4.88. The zero-order valence-corrected chi connectivity index (χ0v) is 10.0. The van der Waals surface area contributed by atoms with Crippen molar-refractivity contribution in [2.45, 2.75) is 39.3 Å². The third-order valence-corrected chi connectivity index (χ3v) is 1.49. The summed E-state index contributed by atoms with van der Waals surface area (Å²) in [7, 11) is 1.54. The van der Waals surface area contributed by atoms with Crippen LogP contribution in [-0.2, 0) is 14.3 Å². The van der Waals surface area contributed by atoms with Crippen molar-refractivity contribution in [2.24, 2.45) is 0 Å². The van der Waals surface area contributed by atoms with Gasteiger partial charge in [-0.15, -0.1) is 0 Å². The van der Waals surface area contributed by atoms with Crippen molar-refractivity contribution >= 4 is 11.8 Å². The lowest BCUT2D eigenvalue weighted by Gasteiger charge is -2.20. The van der Waals surface area contributed by atoms with E-state index < -0.39 is 17.4 Å². The summed E-state index contributed by atoms with van der Waals surface area (Å²) in [5, 5.41) is 5.10. The maximum absolute atomic E-state index is 11.3. The summed E-state index contributed by atoms with van der Waals surface area (Å²) < 4.78 is 4.84. The van der Waals surface area contributed by atoms with Crippen molar-refractivity contribution in [3.63, 3.8) is 0 Å². The standard InChI is InChI=1S/C10H20N2O3/c1-7(6-15-5)11-8(13)9(14)12-10(2,3)4/h7H,6H2,1-5H3,(H,11,13)(H,12,14). The van der Waals surface area contributed by atoms with Crippen molar-refractivity contribution in [3.05, 3.63) is 0 Å². The number of rotatable bonds is 3. The fraction of sp³-hybridized carbons (Fsp3) is 0.800. The molecular weight excluding hydrogens is 196 g/mol. The molecule has 0 aromatic carbocycles. The van der Waals surface area contributed by atoms with Gasteiger partial charge in [0.1, 0.15) is 0 Å². The molecule has 0 aliphatic carbocycles. The molecule has 0 aromatic rings. The molecule has 1 atom stereocenters. The zero-order chi connectivity index (χ0) is 12.1. The van der Waals surface area contributed by atoms with Crippen LogP contribution in [0.5, 0.6) is 0 Å². The third-order valence-electron chi connectivity index (χ3n) is 1.49. The molecule has 1 unspecified atom stereocenters. The second-order valence-electron chi connectivity index (χ2n) is 4.53. The van der Waals surface area contributed by atoms with E-state index >= 15 is 0 Å². The summed E-state index contributed by atoms with van der Waals surface area (Å²) in [6, 6.07) is -0.173.